The number of aryl methyl sites for hydroxylation is 1. The Hall–Kier alpha value is -3.69. The zero-order chi connectivity index (χ0) is 24.8. The number of rotatable bonds is 10. The molecule has 10 heteroatoms. The summed E-state index contributed by atoms with van der Waals surface area (Å²) in [5.74, 6) is 1.51. The number of para-hydroxylation sites is 2. The van der Waals surface area contributed by atoms with Gasteiger partial charge >= 0.3 is 0 Å². The monoisotopic (exact) mass is 480 g/mol. The molecule has 2 heterocycles. The van der Waals surface area contributed by atoms with Gasteiger partial charge in [0.1, 0.15) is 24.1 Å². The average Bonchev–Trinajstić information content (AvgIpc) is 3.62. The maximum Gasteiger partial charge on any atom is 0.251 e. The molecule has 1 fully saturated rings. The highest BCUT2D eigenvalue weighted by atomic mass is 16.5. The molecule has 2 amide bonds. The lowest BCUT2D eigenvalue weighted by Crippen LogP contribution is -2.52. The van der Waals surface area contributed by atoms with Crippen LogP contribution in [0.25, 0.3) is 11.6 Å². The minimum atomic E-state index is -0.694. The fourth-order valence-corrected chi connectivity index (χ4v) is 4.48. The van der Waals surface area contributed by atoms with E-state index in [1.807, 2.05) is 32.0 Å². The number of nitrogens with zero attached hydrogens (tertiary/aromatic N) is 5. The molecule has 0 aliphatic heterocycles. The van der Waals surface area contributed by atoms with E-state index in [0.29, 0.717) is 29.4 Å². The maximum absolute atomic E-state index is 13.7. The van der Waals surface area contributed by atoms with E-state index in [0.717, 1.165) is 37.9 Å². The average molecular weight is 481 g/mol. The van der Waals surface area contributed by atoms with Gasteiger partial charge in [-0.1, -0.05) is 38.3 Å². The molecule has 1 aliphatic rings. The molecule has 0 unspecified atom stereocenters. The number of nitrogens with one attached hydrogen (secondary N) is 1. The number of hydrogen-bond donors (Lipinski definition) is 1. The molecule has 1 atom stereocenters. The van der Waals surface area contributed by atoms with Gasteiger partial charge in [-0.2, -0.15) is 4.80 Å². The number of methoxy groups -OCH3 is 1. The Bertz CT molecular complexity index is 1150. The minimum Gasteiger partial charge on any atom is -0.495 e. The van der Waals surface area contributed by atoms with E-state index >= 15 is 0 Å². The zero-order valence-corrected chi connectivity index (χ0v) is 20.4. The molecule has 1 aliphatic carbocycles. The first-order valence-corrected chi connectivity index (χ1v) is 12.1. The van der Waals surface area contributed by atoms with E-state index in [-0.39, 0.29) is 24.4 Å². The summed E-state index contributed by atoms with van der Waals surface area (Å²) in [5, 5.41) is 15.5. The van der Waals surface area contributed by atoms with Crippen molar-refractivity contribution in [2.75, 3.05) is 12.0 Å². The highest BCUT2D eigenvalue weighted by Gasteiger charge is 2.34. The highest BCUT2D eigenvalue weighted by molar-refractivity contribution is 6.01. The van der Waals surface area contributed by atoms with Crippen molar-refractivity contribution in [2.45, 2.75) is 71.0 Å². The van der Waals surface area contributed by atoms with Crippen LogP contribution in [0.4, 0.5) is 5.69 Å². The molecule has 0 saturated heterocycles. The van der Waals surface area contributed by atoms with Crippen molar-refractivity contribution in [3.05, 3.63) is 42.2 Å². The van der Waals surface area contributed by atoms with Gasteiger partial charge in [0.15, 0.2) is 5.76 Å². The lowest BCUT2D eigenvalue weighted by atomic mass is 10.1. The number of carbonyl (C=O) groups is 2. The van der Waals surface area contributed by atoms with Crippen LogP contribution in [-0.2, 0) is 16.1 Å². The summed E-state index contributed by atoms with van der Waals surface area (Å²) >= 11 is 0. The van der Waals surface area contributed by atoms with Crippen LogP contribution in [-0.4, -0.2) is 51.2 Å². The van der Waals surface area contributed by atoms with Crippen molar-refractivity contribution in [1.82, 2.24) is 25.5 Å². The first-order chi connectivity index (χ1) is 17.0. The molecule has 1 N–H and O–H groups in total. The van der Waals surface area contributed by atoms with Crippen LogP contribution in [0.2, 0.25) is 0 Å². The summed E-state index contributed by atoms with van der Waals surface area (Å²) in [7, 11) is 1.55. The van der Waals surface area contributed by atoms with E-state index < -0.39 is 6.04 Å². The van der Waals surface area contributed by atoms with Gasteiger partial charge in [-0.3, -0.25) is 14.5 Å². The van der Waals surface area contributed by atoms with Crippen molar-refractivity contribution in [1.29, 1.82) is 0 Å². The highest BCUT2D eigenvalue weighted by Crippen LogP contribution is 2.31. The fourth-order valence-electron chi connectivity index (χ4n) is 4.48. The maximum atomic E-state index is 13.7. The molecular weight excluding hydrogens is 448 g/mol. The summed E-state index contributed by atoms with van der Waals surface area (Å²) in [5.41, 5.74) is 0.530. The third-order valence-electron chi connectivity index (χ3n) is 6.18. The van der Waals surface area contributed by atoms with Crippen molar-refractivity contribution >= 4 is 17.5 Å². The van der Waals surface area contributed by atoms with Crippen LogP contribution in [0.3, 0.4) is 0 Å². The Kier molecular flexibility index (Phi) is 7.79. The molecule has 186 valence electrons. The van der Waals surface area contributed by atoms with Gasteiger partial charge in [-0.05, 0) is 55.7 Å². The van der Waals surface area contributed by atoms with Gasteiger partial charge in [0, 0.05) is 6.04 Å². The summed E-state index contributed by atoms with van der Waals surface area (Å²) in [4.78, 5) is 29.9. The number of furan rings is 1. The van der Waals surface area contributed by atoms with Crippen LogP contribution in [0.1, 0.15) is 51.2 Å². The Morgan fingerprint density at radius 2 is 2.00 bits per heavy atom. The number of amides is 2. The van der Waals surface area contributed by atoms with Gasteiger partial charge in [-0.15, -0.1) is 10.2 Å². The van der Waals surface area contributed by atoms with Gasteiger partial charge in [0.2, 0.25) is 11.7 Å². The minimum absolute atomic E-state index is 0.146. The van der Waals surface area contributed by atoms with E-state index in [2.05, 4.69) is 20.7 Å². The van der Waals surface area contributed by atoms with Gasteiger partial charge in [0.05, 0.1) is 12.8 Å². The number of hydrogen-bond acceptors (Lipinski definition) is 7. The van der Waals surface area contributed by atoms with Crippen molar-refractivity contribution in [2.24, 2.45) is 0 Å². The smallest absolute Gasteiger partial charge is 0.251 e. The summed E-state index contributed by atoms with van der Waals surface area (Å²) < 4.78 is 11.1. The molecule has 0 radical (unpaired) electrons. The van der Waals surface area contributed by atoms with Crippen molar-refractivity contribution < 1.29 is 18.7 Å². The fraction of sp³-hybridized carbons (Fsp3) is 0.480. The van der Waals surface area contributed by atoms with E-state index in [1.165, 1.54) is 9.70 Å². The van der Waals surface area contributed by atoms with Crippen LogP contribution < -0.4 is 15.0 Å². The largest absolute Gasteiger partial charge is 0.495 e. The Balaban J connectivity index is 1.63. The molecule has 10 nitrogen and oxygen atoms in total. The molecule has 0 bridgehead atoms. The van der Waals surface area contributed by atoms with E-state index in [1.54, 1.807) is 25.3 Å². The van der Waals surface area contributed by atoms with Crippen LogP contribution >= 0.6 is 0 Å². The molecule has 3 aromatic rings. The topological polar surface area (TPSA) is 115 Å². The zero-order valence-electron chi connectivity index (χ0n) is 20.4. The van der Waals surface area contributed by atoms with Crippen LogP contribution in [0.15, 0.2) is 40.8 Å². The predicted molar refractivity (Wildman–Crippen MR) is 130 cm³/mol. The Labute approximate surface area is 204 Å². The molecule has 4 rings (SSSR count). The standard InChI is InChI=1S/C25H32N6O4/c1-4-9-20(25(33)26-18-10-5-6-11-18)31(19-12-7-8-13-21(19)34-3)23(32)16-30-28-24(27-29-30)22-15-14-17(2)35-22/h7-8,12-15,18,20H,4-6,9-11,16H2,1-3H3,(H,26,33)/t20-/m0/s1. The van der Waals surface area contributed by atoms with Crippen LogP contribution in [0.5, 0.6) is 5.75 Å². The first-order valence-electron chi connectivity index (χ1n) is 12.1. The number of anilines is 1. The Morgan fingerprint density at radius 1 is 1.23 bits per heavy atom. The van der Waals surface area contributed by atoms with E-state index in [9.17, 15) is 9.59 Å². The molecular formula is C25H32N6O4. The first kappa shape index (κ1) is 24.4. The van der Waals surface area contributed by atoms with Crippen molar-refractivity contribution in [3.63, 3.8) is 0 Å². The summed E-state index contributed by atoms with van der Waals surface area (Å²) in [6, 6.07) is 10.2. The van der Waals surface area contributed by atoms with E-state index in [4.69, 9.17) is 9.15 Å². The number of ether oxygens (including phenoxy) is 1. The molecule has 1 aromatic carbocycles. The lowest BCUT2D eigenvalue weighted by Gasteiger charge is -2.32. The molecule has 2 aromatic heterocycles. The number of aromatic nitrogens is 4. The van der Waals surface area contributed by atoms with Crippen molar-refractivity contribution in [3.8, 4) is 17.3 Å². The summed E-state index contributed by atoms with van der Waals surface area (Å²) in [6.07, 6.45) is 5.37. The quantitative estimate of drug-likeness (QED) is 0.472. The van der Waals surface area contributed by atoms with Gasteiger partial charge in [-0.25, -0.2) is 0 Å². The van der Waals surface area contributed by atoms with Gasteiger partial charge < -0.3 is 14.5 Å². The molecule has 0 spiro atoms. The summed E-state index contributed by atoms with van der Waals surface area (Å²) in [6.45, 7) is 3.63. The normalized spacial score (nSPS) is 14.6. The number of tetrazole rings is 1. The van der Waals surface area contributed by atoms with Gasteiger partial charge in [0.25, 0.3) is 5.91 Å². The number of benzene rings is 1. The Morgan fingerprint density at radius 3 is 2.69 bits per heavy atom. The molecule has 1 saturated carbocycles. The second kappa shape index (κ2) is 11.2. The second-order valence-corrected chi connectivity index (χ2v) is 8.78. The predicted octanol–water partition coefficient (Wildman–Crippen LogP) is 3.51. The molecule has 35 heavy (non-hydrogen) atoms. The third-order valence-corrected chi connectivity index (χ3v) is 6.18. The van der Waals surface area contributed by atoms with Crippen LogP contribution in [0, 0.1) is 6.92 Å². The lowest BCUT2D eigenvalue weighted by molar-refractivity contribution is -0.127. The number of carbonyl (C=O) groups excluding carboxylic acids is 2. The third kappa shape index (κ3) is 5.70. The SMILES string of the molecule is CCC[C@@H](C(=O)NC1CCCC1)N(C(=O)Cn1nnc(-c2ccc(C)o2)n1)c1ccccc1OC. The second-order valence-electron chi connectivity index (χ2n) is 8.78.